The van der Waals surface area contributed by atoms with E-state index in [-0.39, 0.29) is 29.5 Å². The topological polar surface area (TPSA) is 50.2 Å². The zero-order valence-corrected chi connectivity index (χ0v) is 23.8. The van der Waals surface area contributed by atoms with Crippen LogP contribution in [0.2, 0.25) is 0 Å². The maximum Gasteiger partial charge on any atom is 0.416 e. The Morgan fingerprint density at radius 2 is 1.68 bits per heavy atom. The van der Waals surface area contributed by atoms with E-state index in [1.54, 1.807) is 0 Å². The highest BCUT2D eigenvalue weighted by atomic mass is 19.4. The average molecular weight is 567 g/mol. The van der Waals surface area contributed by atoms with Crippen LogP contribution in [0.15, 0.2) is 60.7 Å². The van der Waals surface area contributed by atoms with E-state index in [0.717, 1.165) is 52.1 Å². The third-order valence-electron chi connectivity index (χ3n) is 8.72. The molecule has 0 spiro atoms. The number of imidazole rings is 1. The van der Waals surface area contributed by atoms with E-state index in [1.165, 1.54) is 0 Å². The van der Waals surface area contributed by atoms with Crippen LogP contribution in [0.3, 0.4) is 0 Å². The second-order valence-corrected chi connectivity index (χ2v) is 11.4. The Hall–Kier alpha value is -3.72. The third-order valence-corrected chi connectivity index (χ3v) is 8.72. The fraction of sp³-hybridized carbons (Fsp3) is 0.375. The minimum Gasteiger partial charge on any atom is -0.331 e. The first-order chi connectivity index (χ1) is 19.3. The van der Waals surface area contributed by atoms with E-state index >= 15 is 0 Å². The third kappa shape index (κ3) is 5.73. The summed E-state index contributed by atoms with van der Waals surface area (Å²) >= 11 is 0. The Morgan fingerprint density at radius 1 is 1.00 bits per heavy atom. The van der Waals surface area contributed by atoms with Crippen LogP contribution >= 0.6 is 0 Å². The molecular weight excluding hydrogens is 532 g/mol. The van der Waals surface area contributed by atoms with E-state index in [4.69, 9.17) is 0 Å². The van der Waals surface area contributed by atoms with E-state index in [1.807, 2.05) is 35.0 Å². The standard InChI is InChI=1S/C32H34F4N4O/c1-18-25(21-8-6-20(7-9-21)22-10-13-30-29(14-22)37-19(2)40(30)5)16-24(39(3)4)17-26(18)31(41)38-28-12-11-23(15-27(28)33)32(34,35)36/h6-15,18,24-26H,16-17H2,1-5H3,(H,38,41)/t18-,24+,25?,26?/m1/s1. The Morgan fingerprint density at radius 3 is 2.32 bits per heavy atom. The molecule has 1 heterocycles. The van der Waals surface area contributed by atoms with E-state index in [0.29, 0.717) is 12.5 Å². The molecule has 5 rings (SSSR count). The summed E-state index contributed by atoms with van der Waals surface area (Å²) in [6.07, 6.45) is -3.24. The fourth-order valence-electron chi connectivity index (χ4n) is 6.04. The Bertz CT molecular complexity index is 1580. The molecule has 1 amide bonds. The number of aromatic nitrogens is 2. The number of halogens is 4. The lowest BCUT2D eigenvalue weighted by molar-refractivity contribution is -0.137. The zero-order chi connectivity index (χ0) is 29.6. The predicted octanol–water partition coefficient (Wildman–Crippen LogP) is 7.41. The molecule has 2 unspecified atom stereocenters. The van der Waals surface area contributed by atoms with Gasteiger partial charge in [0.05, 0.1) is 22.3 Å². The van der Waals surface area contributed by atoms with Gasteiger partial charge in [-0.15, -0.1) is 0 Å². The summed E-state index contributed by atoms with van der Waals surface area (Å²) in [5, 5.41) is 2.56. The molecular formula is C32H34F4N4O. The summed E-state index contributed by atoms with van der Waals surface area (Å²) in [7, 11) is 5.95. The lowest BCUT2D eigenvalue weighted by Gasteiger charge is -2.42. The van der Waals surface area contributed by atoms with Crippen LogP contribution in [0.25, 0.3) is 22.2 Å². The maximum absolute atomic E-state index is 14.5. The van der Waals surface area contributed by atoms with Gasteiger partial charge in [0.1, 0.15) is 11.6 Å². The Balaban J connectivity index is 1.37. The van der Waals surface area contributed by atoms with Crippen molar-refractivity contribution in [2.45, 2.75) is 44.8 Å². The summed E-state index contributed by atoms with van der Waals surface area (Å²) in [6.45, 7) is 4.00. The second kappa shape index (κ2) is 10.9. The lowest BCUT2D eigenvalue weighted by atomic mass is 9.67. The highest BCUT2D eigenvalue weighted by Crippen LogP contribution is 2.43. The molecule has 41 heavy (non-hydrogen) atoms. The number of anilines is 1. The molecule has 4 aromatic rings. The van der Waals surface area contributed by atoms with Crippen LogP contribution in [-0.2, 0) is 18.0 Å². The zero-order valence-electron chi connectivity index (χ0n) is 23.8. The smallest absolute Gasteiger partial charge is 0.331 e. The van der Waals surface area contributed by atoms with Crippen molar-refractivity contribution >= 4 is 22.6 Å². The maximum atomic E-state index is 14.5. The van der Waals surface area contributed by atoms with Crippen molar-refractivity contribution in [1.82, 2.24) is 14.5 Å². The summed E-state index contributed by atoms with van der Waals surface area (Å²) in [5.41, 5.74) is 3.93. The molecule has 5 nitrogen and oxygen atoms in total. The van der Waals surface area contributed by atoms with E-state index < -0.39 is 23.5 Å². The minimum atomic E-state index is -4.66. The van der Waals surface area contributed by atoms with Crippen molar-refractivity contribution in [3.8, 4) is 11.1 Å². The molecule has 1 N–H and O–H groups in total. The van der Waals surface area contributed by atoms with Gasteiger partial charge in [-0.25, -0.2) is 9.37 Å². The van der Waals surface area contributed by atoms with Gasteiger partial charge in [0.15, 0.2) is 0 Å². The van der Waals surface area contributed by atoms with E-state index in [9.17, 15) is 22.4 Å². The molecule has 4 atom stereocenters. The molecule has 216 valence electrons. The number of benzene rings is 3. The van der Waals surface area contributed by atoms with Crippen molar-refractivity contribution in [1.29, 1.82) is 0 Å². The number of nitrogens with one attached hydrogen (secondary N) is 1. The van der Waals surface area contributed by atoms with Gasteiger partial charge in [0, 0.05) is 19.0 Å². The first kappa shape index (κ1) is 28.8. The van der Waals surface area contributed by atoms with Crippen LogP contribution in [0, 0.1) is 24.6 Å². The van der Waals surface area contributed by atoms with Gasteiger partial charge in [-0.1, -0.05) is 37.3 Å². The number of carbonyl (C=O) groups is 1. The summed E-state index contributed by atoms with van der Waals surface area (Å²) in [5.74, 6) is -0.983. The Labute approximate surface area is 237 Å². The number of carbonyl (C=O) groups excluding carboxylic acids is 1. The van der Waals surface area contributed by atoms with Gasteiger partial charge in [-0.05, 0) is 92.7 Å². The van der Waals surface area contributed by atoms with Crippen molar-refractivity contribution in [3.05, 3.63) is 83.4 Å². The first-order valence-electron chi connectivity index (χ1n) is 13.7. The monoisotopic (exact) mass is 566 g/mol. The van der Waals surface area contributed by atoms with Crippen LogP contribution in [0.5, 0.6) is 0 Å². The van der Waals surface area contributed by atoms with Crippen molar-refractivity contribution < 1.29 is 22.4 Å². The van der Waals surface area contributed by atoms with Gasteiger partial charge >= 0.3 is 6.18 Å². The highest BCUT2D eigenvalue weighted by molar-refractivity contribution is 5.93. The van der Waals surface area contributed by atoms with Crippen LogP contribution in [-0.4, -0.2) is 40.5 Å². The van der Waals surface area contributed by atoms with Gasteiger partial charge in [-0.2, -0.15) is 13.2 Å². The minimum absolute atomic E-state index is 0.0672. The van der Waals surface area contributed by atoms with Crippen LogP contribution < -0.4 is 5.32 Å². The number of nitrogens with zero attached hydrogens (tertiary/aromatic N) is 3. The second-order valence-electron chi connectivity index (χ2n) is 11.4. The van der Waals surface area contributed by atoms with Gasteiger partial charge in [-0.3, -0.25) is 4.79 Å². The highest BCUT2D eigenvalue weighted by Gasteiger charge is 2.40. The van der Waals surface area contributed by atoms with Crippen LogP contribution in [0.1, 0.15) is 42.6 Å². The van der Waals surface area contributed by atoms with Gasteiger partial charge < -0.3 is 14.8 Å². The molecule has 1 fully saturated rings. The first-order valence-corrected chi connectivity index (χ1v) is 13.7. The van der Waals surface area contributed by atoms with Crippen molar-refractivity contribution in [2.75, 3.05) is 19.4 Å². The van der Waals surface area contributed by atoms with Crippen molar-refractivity contribution in [2.24, 2.45) is 18.9 Å². The molecule has 3 aromatic carbocycles. The van der Waals surface area contributed by atoms with Gasteiger partial charge in [0.2, 0.25) is 5.91 Å². The molecule has 1 aliphatic rings. The number of alkyl halides is 3. The molecule has 9 heteroatoms. The molecule has 1 aliphatic carbocycles. The molecule has 0 aliphatic heterocycles. The lowest BCUT2D eigenvalue weighted by Crippen LogP contribution is -2.44. The number of fused-ring (bicyclic) bond motifs is 1. The number of rotatable bonds is 5. The molecule has 1 saturated carbocycles. The largest absolute Gasteiger partial charge is 0.416 e. The average Bonchev–Trinajstić information content (AvgIpc) is 3.21. The molecule has 1 aromatic heterocycles. The van der Waals surface area contributed by atoms with E-state index in [2.05, 4.69) is 62.2 Å². The predicted molar refractivity (Wildman–Crippen MR) is 153 cm³/mol. The fourth-order valence-corrected chi connectivity index (χ4v) is 6.04. The molecule has 0 bridgehead atoms. The number of hydrogen-bond donors (Lipinski definition) is 1. The number of amides is 1. The number of hydrogen-bond acceptors (Lipinski definition) is 3. The molecule has 0 radical (unpaired) electrons. The van der Waals surface area contributed by atoms with Crippen LogP contribution in [0.4, 0.5) is 23.2 Å². The summed E-state index contributed by atoms with van der Waals surface area (Å²) in [6, 6.07) is 16.9. The van der Waals surface area contributed by atoms with Crippen molar-refractivity contribution in [3.63, 3.8) is 0 Å². The summed E-state index contributed by atoms with van der Waals surface area (Å²) < 4.78 is 55.5. The number of aryl methyl sites for hydroxylation is 2. The normalized spacial score (nSPS) is 21.4. The van der Waals surface area contributed by atoms with Gasteiger partial charge in [0.25, 0.3) is 0 Å². The SMILES string of the molecule is Cc1nc2cc(-c3ccc(C4C[C@H](N(C)C)CC(C(=O)Nc5ccc(C(F)(F)F)cc5F)[C@@H]4C)cc3)ccc2n1C. The summed E-state index contributed by atoms with van der Waals surface area (Å²) in [4.78, 5) is 20.1. The Kier molecular flexibility index (Phi) is 7.68. The molecule has 0 saturated heterocycles. The quantitative estimate of drug-likeness (QED) is 0.256.